The van der Waals surface area contributed by atoms with Gasteiger partial charge >= 0.3 is 0 Å². The molecule has 0 amide bonds. The lowest BCUT2D eigenvalue weighted by Crippen LogP contribution is -2.06. The maximum atomic E-state index is 6.05. The van der Waals surface area contributed by atoms with E-state index in [0.717, 1.165) is 28.0 Å². The van der Waals surface area contributed by atoms with Crippen LogP contribution in [0.1, 0.15) is 25.1 Å². The van der Waals surface area contributed by atoms with Crippen molar-refractivity contribution in [2.24, 2.45) is 5.73 Å². The molecule has 0 aliphatic carbocycles. The molecular weight excluding hydrogens is 302 g/mol. The van der Waals surface area contributed by atoms with E-state index in [1.54, 1.807) is 0 Å². The van der Waals surface area contributed by atoms with Crippen LogP contribution in [-0.2, 0) is 0 Å². The molecule has 2 aromatic rings. The van der Waals surface area contributed by atoms with Crippen LogP contribution in [0, 0.1) is 0 Å². The molecule has 2 nitrogen and oxygen atoms in total. The Labute approximate surface area is 114 Å². The van der Waals surface area contributed by atoms with E-state index in [1.807, 2.05) is 37.3 Å². The molecule has 0 bridgehead atoms. The van der Waals surface area contributed by atoms with Crippen LogP contribution in [0.15, 0.2) is 39.2 Å². The van der Waals surface area contributed by atoms with Gasteiger partial charge in [0, 0.05) is 10.0 Å². The quantitative estimate of drug-likeness (QED) is 0.886. The van der Waals surface area contributed by atoms with E-state index in [-0.39, 0.29) is 6.04 Å². The predicted molar refractivity (Wildman–Crippen MR) is 74.1 cm³/mol. The highest BCUT2D eigenvalue weighted by atomic mass is 79.9. The maximum Gasteiger partial charge on any atom is 0.134 e. The fourth-order valence-corrected chi connectivity index (χ4v) is 1.99. The number of rotatable bonds is 3. The van der Waals surface area contributed by atoms with Gasteiger partial charge in [-0.2, -0.15) is 0 Å². The second-order valence-electron chi connectivity index (χ2n) is 3.85. The molecule has 1 unspecified atom stereocenters. The first-order valence-electron chi connectivity index (χ1n) is 5.42. The van der Waals surface area contributed by atoms with Crippen molar-refractivity contribution in [1.29, 1.82) is 0 Å². The fourth-order valence-electron chi connectivity index (χ4n) is 1.56. The molecule has 2 N–H and O–H groups in total. The Hall–Kier alpha value is -0.770. The monoisotopic (exact) mass is 313 g/mol. The Morgan fingerprint density at radius 3 is 2.76 bits per heavy atom. The van der Waals surface area contributed by atoms with Gasteiger partial charge in [0.1, 0.15) is 11.5 Å². The second-order valence-corrected chi connectivity index (χ2v) is 5.11. The van der Waals surface area contributed by atoms with E-state index in [0.29, 0.717) is 5.02 Å². The molecule has 1 heterocycles. The highest BCUT2D eigenvalue weighted by Crippen LogP contribution is 2.31. The first kappa shape index (κ1) is 12.7. The van der Waals surface area contributed by atoms with Gasteiger partial charge in [-0.1, -0.05) is 24.6 Å². The molecule has 0 radical (unpaired) electrons. The van der Waals surface area contributed by atoms with Crippen LogP contribution in [0.2, 0.25) is 5.02 Å². The molecule has 2 rings (SSSR count). The Morgan fingerprint density at radius 1 is 1.35 bits per heavy atom. The molecule has 0 saturated carbocycles. The van der Waals surface area contributed by atoms with Crippen molar-refractivity contribution in [3.05, 3.63) is 45.6 Å². The van der Waals surface area contributed by atoms with Gasteiger partial charge in [-0.3, -0.25) is 0 Å². The van der Waals surface area contributed by atoms with E-state index < -0.39 is 0 Å². The van der Waals surface area contributed by atoms with E-state index in [4.69, 9.17) is 21.8 Å². The Morgan fingerprint density at radius 2 is 2.12 bits per heavy atom. The minimum absolute atomic E-state index is 0.0466. The van der Waals surface area contributed by atoms with Crippen molar-refractivity contribution >= 4 is 27.5 Å². The largest absolute Gasteiger partial charge is 0.459 e. The number of benzene rings is 1. The third kappa shape index (κ3) is 2.73. The zero-order valence-corrected chi connectivity index (χ0v) is 11.8. The van der Waals surface area contributed by atoms with Crippen molar-refractivity contribution in [1.82, 2.24) is 0 Å². The van der Waals surface area contributed by atoms with Gasteiger partial charge in [-0.15, -0.1) is 0 Å². The van der Waals surface area contributed by atoms with Gasteiger partial charge < -0.3 is 10.2 Å². The van der Waals surface area contributed by atoms with Gasteiger partial charge in [-0.05, 0) is 46.6 Å². The minimum atomic E-state index is -0.0466. The van der Waals surface area contributed by atoms with Crippen LogP contribution in [0.25, 0.3) is 11.3 Å². The molecule has 0 fully saturated rings. The van der Waals surface area contributed by atoms with E-state index in [9.17, 15) is 0 Å². The summed E-state index contributed by atoms with van der Waals surface area (Å²) in [5, 5.41) is 0.667. The zero-order valence-electron chi connectivity index (χ0n) is 9.41. The Bertz CT molecular complexity index is 524. The average molecular weight is 315 g/mol. The highest BCUT2D eigenvalue weighted by molar-refractivity contribution is 9.10. The molecule has 0 saturated heterocycles. The number of nitrogens with two attached hydrogens (primary N) is 1. The van der Waals surface area contributed by atoms with E-state index >= 15 is 0 Å². The number of hydrogen-bond donors (Lipinski definition) is 1. The second kappa shape index (κ2) is 5.25. The van der Waals surface area contributed by atoms with Crippen molar-refractivity contribution in [2.45, 2.75) is 19.4 Å². The van der Waals surface area contributed by atoms with Gasteiger partial charge in [0.25, 0.3) is 0 Å². The summed E-state index contributed by atoms with van der Waals surface area (Å²) in [6.07, 6.45) is 0.855. The fraction of sp³-hybridized carbons (Fsp3) is 0.231. The van der Waals surface area contributed by atoms with Crippen LogP contribution in [0.5, 0.6) is 0 Å². The topological polar surface area (TPSA) is 39.2 Å². The first-order chi connectivity index (χ1) is 8.11. The summed E-state index contributed by atoms with van der Waals surface area (Å²) in [5.41, 5.74) is 6.86. The van der Waals surface area contributed by atoms with E-state index in [2.05, 4.69) is 15.9 Å². The molecule has 1 atom stereocenters. The van der Waals surface area contributed by atoms with Crippen LogP contribution in [0.4, 0.5) is 0 Å². The third-order valence-electron chi connectivity index (χ3n) is 2.64. The van der Waals surface area contributed by atoms with Crippen LogP contribution in [-0.4, -0.2) is 0 Å². The van der Waals surface area contributed by atoms with Crippen molar-refractivity contribution in [3.63, 3.8) is 0 Å². The van der Waals surface area contributed by atoms with Crippen molar-refractivity contribution < 1.29 is 4.42 Å². The third-order valence-corrected chi connectivity index (χ3v) is 3.87. The summed E-state index contributed by atoms with van der Waals surface area (Å²) in [5.74, 6) is 1.60. The molecule has 4 heteroatoms. The normalized spacial score (nSPS) is 12.7. The van der Waals surface area contributed by atoms with Gasteiger partial charge in [0.15, 0.2) is 0 Å². The summed E-state index contributed by atoms with van der Waals surface area (Å²) in [7, 11) is 0. The summed E-state index contributed by atoms with van der Waals surface area (Å²) in [6, 6.07) is 9.51. The highest BCUT2D eigenvalue weighted by Gasteiger charge is 2.10. The lowest BCUT2D eigenvalue weighted by molar-refractivity contribution is 0.470. The van der Waals surface area contributed by atoms with Crippen molar-refractivity contribution in [3.8, 4) is 11.3 Å². The molecule has 0 aliphatic rings. The average Bonchev–Trinajstić information content (AvgIpc) is 2.81. The number of halogens is 2. The van der Waals surface area contributed by atoms with Gasteiger partial charge in [0.2, 0.25) is 0 Å². The Kier molecular flexibility index (Phi) is 3.92. The lowest BCUT2D eigenvalue weighted by atomic mass is 10.2. The van der Waals surface area contributed by atoms with Crippen LogP contribution >= 0.6 is 27.5 Å². The molecule has 17 heavy (non-hydrogen) atoms. The lowest BCUT2D eigenvalue weighted by Gasteiger charge is -2.04. The van der Waals surface area contributed by atoms with Crippen molar-refractivity contribution in [2.75, 3.05) is 0 Å². The molecular formula is C13H13BrClNO. The predicted octanol–water partition coefficient (Wildman–Crippen LogP) is 4.77. The Balaban J connectivity index is 2.33. The smallest absolute Gasteiger partial charge is 0.134 e. The summed E-state index contributed by atoms with van der Waals surface area (Å²) >= 11 is 9.41. The maximum absolute atomic E-state index is 6.05. The SMILES string of the molecule is CCC(N)c1ccc(-c2ccc(Br)c(Cl)c2)o1. The summed E-state index contributed by atoms with van der Waals surface area (Å²) in [4.78, 5) is 0. The molecule has 90 valence electrons. The van der Waals surface area contributed by atoms with E-state index in [1.165, 1.54) is 0 Å². The van der Waals surface area contributed by atoms with Crippen LogP contribution in [0.3, 0.4) is 0 Å². The van der Waals surface area contributed by atoms with Gasteiger partial charge in [0.05, 0.1) is 11.1 Å². The zero-order chi connectivity index (χ0) is 12.4. The molecule has 1 aromatic heterocycles. The summed E-state index contributed by atoms with van der Waals surface area (Å²) in [6.45, 7) is 2.03. The molecule has 0 aliphatic heterocycles. The van der Waals surface area contributed by atoms with Crippen LogP contribution < -0.4 is 5.73 Å². The standard InChI is InChI=1S/C13H13BrClNO/c1-2-11(16)13-6-5-12(17-13)8-3-4-9(14)10(15)7-8/h3-7,11H,2,16H2,1H3. The molecule has 1 aromatic carbocycles. The van der Waals surface area contributed by atoms with Gasteiger partial charge in [-0.25, -0.2) is 0 Å². The summed E-state index contributed by atoms with van der Waals surface area (Å²) < 4.78 is 6.59. The first-order valence-corrected chi connectivity index (χ1v) is 6.59. The molecule has 0 spiro atoms. The number of hydrogen-bond acceptors (Lipinski definition) is 2. The minimum Gasteiger partial charge on any atom is -0.459 e. The number of furan rings is 1.